The number of hydrazone groups is 1. The number of carbonyl (C=O) groups excluding carboxylic acids is 3. The highest BCUT2D eigenvalue weighted by molar-refractivity contribution is 6.46. The van der Waals surface area contributed by atoms with Gasteiger partial charge in [0.15, 0.2) is 5.71 Å². The molecule has 2 amide bonds. The summed E-state index contributed by atoms with van der Waals surface area (Å²) < 4.78 is 5.27. The van der Waals surface area contributed by atoms with Gasteiger partial charge in [-0.25, -0.2) is 9.69 Å². The Hall–Kier alpha value is -3.48. The second-order valence-electron chi connectivity index (χ2n) is 6.49. The average Bonchev–Trinajstić information content (AvgIpc) is 3.22. The van der Waals surface area contributed by atoms with Crippen molar-refractivity contribution in [3.8, 4) is 0 Å². The van der Waals surface area contributed by atoms with Gasteiger partial charge >= 0.3 is 5.97 Å². The van der Waals surface area contributed by atoms with Crippen LogP contribution in [0.1, 0.15) is 11.1 Å². The van der Waals surface area contributed by atoms with Crippen LogP contribution in [0.2, 0.25) is 0 Å². The Morgan fingerprint density at radius 1 is 1.07 bits per heavy atom. The fourth-order valence-electron chi connectivity index (χ4n) is 3.20. The fourth-order valence-corrected chi connectivity index (χ4v) is 3.20. The number of hydrogen-bond acceptors (Lipinski definition) is 6. The summed E-state index contributed by atoms with van der Waals surface area (Å²) in [7, 11) is 0. The van der Waals surface area contributed by atoms with Crippen molar-refractivity contribution in [1.82, 2.24) is 5.43 Å². The van der Waals surface area contributed by atoms with Crippen LogP contribution in [0.4, 0.5) is 5.69 Å². The molecule has 2 aliphatic heterocycles. The number of benzene rings is 2. The smallest absolute Gasteiger partial charge is 0.355 e. The van der Waals surface area contributed by atoms with Crippen LogP contribution in [-0.4, -0.2) is 29.5 Å². The molecule has 1 fully saturated rings. The van der Waals surface area contributed by atoms with Gasteiger partial charge in [0.2, 0.25) is 5.91 Å². The van der Waals surface area contributed by atoms with Gasteiger partial charge in [-0.1, -0.05) is 48.0 Å². The van der Waals surface area contributed by atoms with E-state index in [1.54, 1.807) is 12.1 Å². The largest absolute Gasteiger partial charge is 0.456 e. The maximum Gasteiger partial charge on any atom is 0.355 e. The number of imide groups is 1. The number of anilines is 1. The first-order valence-corrected chi connectivity index (χ1v) is 8.55. The number of carbonyl (C=O) groups is 3. The molecule has 0 aromatic heterocycles. The van der Waals surface area contributed by atoms with Crippen LogP contribution in [0.3, 0.4) is 0 Å². The van der Waals surface area contributed by atoms with E-state index in [9.17, 15) is 14.4 Å². The third kappa shape index (κ3) is 2.97. The molecule has 0 spiro atoms. The quantitative estimate of drug-likeness (QED) is 0.658. The molecule has 2 aromatic rings. The van der Waals surface area contributed by atoms with Crippen LogP contribution in [0, 0.1) is 12.8 Å². The topological polar surface area (TPSA) is 88.1 Å². The van der Waals surface area contributed by atoms with Gasteiger partial charge in [0.05, 0.1) is 5.69 Å². The maximum atomic E-state index is 12.8. The minimum absolute atomic E-state index is 0.0658. The van der Waals surface area contributed by atoms with Gasteiger partial charge in [0.25, 0.3) is 5.91 Å². The van der Waals surface area contributed by atoms with E-state index in [1.165, 1.54) is 0 Å². The normalized spacial score (nSPS) is 20.9. The van der Waals surface area contributed by atoms with Crippen molar-refractivity contribution < 1.29 is 19.1 Å². The minimum atomic E-state index is -0.970. The van der Waals surface area contributed by atoms with Crippen molar-refractivity contribution in [1.29, 1.82) is 0 Å². The van der Waals surface area contributed by atoms with Crippen molar-refractivity contribution >= 4 is 29.2 Å². The lowest BCUT2D eigenvalue weighted by molar-refractivity contribution is -0.137. The van der Waals surface area contributed by atoms with Crippen molar-refractivity contribution in [2.75, 3.05) is 4.90 Å². The maximum absolute atomic E-state index is 12.8. The molecular weight excluding hydrogens is 346 g/mol. The predicted octanol–water partition coefficient (Wildman–Crippen LogP) is 1.56. The third-order valence-corrected chi connectivity index (χ3v) is 4.64. The van der Waals surface area contributed by atoms with E-state index in [0.29, 0.717) is 5.69 Å². The Bertz CT molecular complexity index is 937. The number of nitrogens with one attached hydrogen (secondary N) is 1. The number of aryl methyl sites for hydroxylation is 1. The van der Waals surface area contributed by atoms with Crippen molar-refractivity contribution in [2.24, 2.45) is 11.0 Å². The summed E-state index contributed by atoms with van der Waals surface area (Å²) in [4.78, 5) is 39.0. The summed E-state index contributed by atoms with van der Waals surface area (Å²) in [6.45, 7) is 1.99. The SMILES string of the molecule is Cc1ccc(N2C(=O)[C@H]3C(C(=O)OCc4ccccc4)=NN[C@H]3C2=O)cc1. The number of amides is 2. The van der Waals surface area contributed by atoms with Crippen molar-refractivity contribution in [3.63, 3.8) is 0 Å². The Kier molecular flexibility index (Phi) is 4.19. The molecule has 2 aliphatic rings. The lowest BCUT2D eigenvalue weighted by Crippen LogP contribution is -2.36. The fraction of sp³-hybridized carbons (Fsp3) is 0.200. The van der Waals surface area contributed by atoms with Gasteiger partial charge in [-0.15, -0.1) is 0 Å². The average molecular weight is 363 g/mol. The zero-order valence-corrected chi connectivity index (χ0v) is 14.6. The van der Waals surface area contributed by atoms with E-state index in [-0.39, 0.29) is 12.3 Å². The molecule has 4 rings (SSSR count). The molecule has 136 valence electrons. The number of fused-ring (bicyclic) bond motifs is 1. The molecule has 0 radical (unpaired) electrons. The van der Waals surface area contributed by atoms with E-state index in [2.05, 4.69) is 10.5 Å². The molecule has 7 heteroatoms. The second-order valence-corrected chi connectivity index (χ2v) is 6.49. The number of esters is 1. The Morgan fingerprint density at radius 2 is 1.78 bits per heavy atom. The Morgan fingerprint density at radius 3 is 2.48 bits per heavy atom. The number of rotatable bonds is 4. The molecule has 0 bridgehead atoms. The Balaban J connectivity index is 1.51. The molecule has 1 N–H and O–H groups in total. The highest BCUT2D eigenvalue weighted by Crippen LogP contribution is 2.31. The molecule has 1 saturated heterocycles. The van der Waals surface area contributed by atoms with Crippen LogP contribution < -0.4 is 10.3 Å². The first-order chi connectivity index (χ1) is 13.1. The van der Waals surface area contributed by atoms with Crippen LogP contribution in [0.15, 0.2) is 59.7 Å². The van der Waals surface area contributed by atoms with Crippen molar-refractivity contribution in [2.45, 2.75) is 19.6 Å². The van der Waals surface area contributed by atoms with Gasteiger partial charge in [0.1, 0.15) is 18.6 Å². The van der Waals surface area contributed by atoms with E-state index in [0.717, 1.165) is 16.0 Å². The molecule has 0 saturated carbocycles. The molecular formula is C20H17N3O4. The van der Waals surface area contributed by atoms with E-state index >= 15 is 0 Å². The van der Waals surface area contributed by atoms with E-state index in [4.69, 9.17) is 4.74 Å². The van der Waals surface area contributed by atoms with Gasteiger partial charge in [0, 0.05) is 0 Å². The minimum Gasteiger partial charge on any atom is -0.456 e. The van der Waals surface area contributed by atoms with Crippen LogP contribution in [0.5, 0.6) is 0 Å². The van der Waals surface area contributed by atoms with E-state index in [1.807, 2.05) is 49.4 Å². The van der Waals surface area contributed by atoms with Crippen LogP contribution >= 0.6 is 0 Å². The molecule has 0 aliphatic carbocycles. The third-order valence-electron chi connectivity index (χ3n) is 4.64. The number of hydrogen-bond donors (Lipinski definition) is 1. The van der Waals surface area contributed by atoms with Gasteiger partial charge in [-0.3, -0.25) is 15.0 Å². The summed E-state index contributed by atoms with van der Waals surface area (Å²) in [5.41, 5.74) is 4.86. The molecule has 27 heavy (non-hydrogen) atoms. The second kappa shape index (κ2) is 6.68. The standard InChI is InChI=1S/C20H17N3O4/c1-12-7-9-14(10-8-12)23-18(24)15-16(19(23)25)21-22-17(15)20(26)27-11-13-5-3-2-4-6-13/h2-10,15-16,21H,11H2,1H3/t15-,16-/m1/s1. The highest BCUT2D eigenvalue weighted by atomic mass is 16.5. The first-order valence-electron chi connectivity index (χ1n) is 8.55. The number of nitrogens with zero attached hydrogens (tertiary/aromatic N) is 2. The highest BCUT2D eigenvalue weighted by Gasteiger charge is 2.55. The monoisotopic (exact) mass is 363 g/mol. The first kappa shape index (κ1) is 17.0. The summed E-state index contributed by atoms with van der Waals surface area (Å²) >= 11 is 0. The molecule has 2 aromatic carbocycles. The zero-order chi connectivity index (χ0) is 19.0. The number of ether oxygens (including phenoxy) is 1. The molecule has 2 atom stereocenters. The van der Waals surface area contributed by atoms with Crippen molar-refractivity contribution in [3.05, 3.63) is 65.7 Å². The van der Waals surface area contributed by atoms with Gasteiger partial charge in [-0.2, -0.15) is 5.10 Å². The van der Waals surface area contributed by atoms with E-state index < -0.39 is 29.7 Å². The summed E-state index contributed by atoms with van der Waals surface area (Å²) in [6.07, 6.45) is 0. The summed E-state index contributed by atoms with van der Waals surface area (Å²) in [5.74, 6) is -2.58. The summed E-state index contributed by atoms with van der Waals surface area (Å²) in [5, 5.41) is 3.90. The lowest BCUT2D eigenvalue weighted by Gasteiger charge is -2.15. The van der Waals surface area contributed by atoms with Gasteiger partial charge in [-0.05, 0) is 24.6 Å². The molecule has 2 heterocycles. The van der Waals surface area contributed by atoms with Crippen LogP contribution in [-0.2, 0) is 25.7 Å². The Labute approximate surface area is 155 Å². The molecule has 0 unspecified atom stereocenters. The lowest BCUT2D eigenvalue weighted by atomic mass is 9.99. The van der Waals surface area contributed by atoms with Gasteiger partial charge < -0.3 is 4.74 Å². The predicted molar refractivity (Wildman–Crippen MR) is 97.8 cm³/mol. The zero-order valence-electron chi connectivity index (χ0n) is 14.6. The molecule has 7 nitrogen and oxygen atoms in total. The van der Waals surface area contributed by atoms with Crippen LogP contribution in [0.25, 0.3) is 0 Å². The summed E-state index contributed by atoms with van der Waals surface area (Å²) in [6, 6.07) is 15.4.